The van der Waals surface area contributed by atoms with Crippen molar-refractivity contribution in [2.75, 3.05) is 25.6 Å². The molecule has 6 nitrogen and oxygen atoms in total. The maximum Gasteiger partial charge on any atom is 0.264 e. The van der Waals surface area contributed by atoms with Crippen molar-refractivity contribution in [1.29, 1.82) is 0 Å². The van der Waals surface area contributed by atoms with Crippen LogP contribution in [0.2, 0.25) is 0 Å². The lowest BCUT2D eigenvalue weighted by Gasteiger charge is -2.08. The maximum atomic E-state index is 11.9. The summed E-state index contributed by atoms with van der Waals surface area (Å²) in [6.07, 6.45) is 0.796. The second kappa shape index (κ2) is 6.76. The Hall–Kier alpha value is -2.12. The lowest BCUT2D eigenvalue weighted by atomic mass is 10.2. The molecular weight excluding hydrogens is 304 g/mol. The minimum Gasteiger partial charge on any atom is -0.497 e. The zero-order valence-electron chi connectivity index (χ0n) is 12.1. The number of benzene rings is 1. The molecule has 3 rings (SSSR count). The predicted octanol–water partition coefficient (Wildman–Crippen LogP) is 2.24. The van der Waals surface area contributed by atoms with Crippen LogP contribution < -0.4 is 14.8 Å². The van der Waals surface area contributed by atoms with Gasteiger partial charge in [-0.3, -0.25) is 10.1 Å². The van der Waals surface area contributed by atoms with Crippen molar-refractivity contribution in [3.63, 3.8) is 0 Å². The van der Waals surface area contributed by atoms with Gasteiger partial charge in [-0.15, -0.1) is 0 Å². The highest BCUT2D eigenvalue weighted by molar-refractivity contribution is 7.15. The molecule has 1 amide bonds. The van der Waals surface area contributed by atoms with Crippen LogP contribution in [0.15, 0.2) is 24.3 Å². The van der Waals surface area contributed by atoms with Gasteiger partial charge in [0.15, 0.2) is 11.7 Å². The molecule has 2 heterocycles. The van der Waals surface area contributed by atoms with Gasteiger partial charge < -0.3 is 14.2 Å². The van der Waals surface area contributed by atoms with Crippen LogP contribution >= 0.6 is 11.3 Å². The number of carbonyl (C=O) groups excluding carboxylic acids is 1. The summed E-state index contributed by atoms with van der Waals surface area (Å²) in [5, 5.41) is 3.35. The lowest BCUT2D eigenvalue weighted by molar-refractivity contribution is -0.118. The van der Waals surface area contributed by atoms with Crippen molar-refractivity contribution in [1.82, 2.24) is 4.98 Å². The molecule has 1 N–H and O–H groups in total. The fourth-order valence-electron chi connectivity index (χ4n) is 2.05. The first-order valence-electron chi connectivity index (χ1n) is 6.87. The molecule has 0 fully saturated rings. The number of carbonyl (C=O) groups is 1. The van der Waals surface area contributed by atoms with Crippen LogP contribution in [0.3, 0.4) is 0 Å². The van der Waals surface area contributed by atoms with E-state index in [4.69, 9.17) is 14.2 Å². The first-order chi connectivity index (χ1) is 10.7. The Balaban J connectivity index is 1.52. The predicted molar refractivity (Wildman–Crippen MR) is 82.6 cm³/mol. The van der Waals surface area contributed by atoms with Crippen molar-refractivity contribution in [3.05, 3.63) is 34.8 Å². The monoisotopic (exact) mass is 320 g/mol. The average molecular weight is 320 g/mol. The van der Waals surface area contributed by atoms with Gasteiger partial charge in [-0.25, -0.2) is 4.98 Å². The molecule has 7 heteroatoms. The molecule has 1 aliphatic rings. The summed E-state index contributed by atoms with van der Waals surface area (Å²) in [7, 11) is 1.60. The van der Waals surface area contributed by atoms with Crippen molar-refractivity contribution in [2.24, 2.45) is 0 Å². The van der Waals surface area contributed by atoms with Gasteiger partial charge in [-0.1, -0.05) is 11.3 Å². The molecule has 1 aromatic carbocycles. The van der Waals surface area contributed by atoms with E-state index in [0.29, 0.717) is 24.1 Å². The third-order valence-electron chi connectivity index (χ3n) is 3.17. The van der Waals surface area contributed by atoms with E-state index in [9.17, 15) is 4.79 Å². The number of ether oxygens (including phenoxy) is 3. The highest BCUT2D eigenvalue weighted by Gasteiger charge is 2.16. The zero-order chi connectivity index (χ0) is 15.4. The van der Waals surface area contributed by atoms with E-state index in [1.807, 2.05) is 0 Å². The number of hydrogen-bond acceptors (Lipinski definition) is 6. The average Bonchev–Trinajstić information content (AvgIpc) is 2.95. The zero-order valence-corrected chi connectivity index (χ0v) is 12.9. The Morgan fingerprint density at radius 3 is 2.86 bits per heavy atom. The smallest absolute Gasteiger partial charge is 0.264 e. The van der Waals surface area contributed by atoms with Crippen molar-refractivity contribution < 1.29 is 19.0 Å². The molecular formula is C15H16N2O4S. The number of nitrogens with zero attached hydrogens (tertiary/aromatic N) is 1. The van der Waals surface area contributed by atoms with Crippen LogP contribution in [0, 0.1) is 0 Å². The number of thiazole rings is 1. The summed E-state index contributed by atoms with van der Waals surface area (Å²) in [5.74, 6) is 1.12. The topological polar surface area (TPSA) is 69.7 Å². The number of aromatic nitrogens is 1. The number of anilines is 1. The molecule has 0 saturated carbocycles. The number of rotatable bonds is 5. The molecule has 1 aromatic heterocycles. The molecule has 116 valence electrons. The number of fused-ring (bicyclic) bond motifs is 1. The van der Waals surface area contributed by atoms with Gasteiger partial charge in [0.25, 0.3) is 5.91 Å². The molecule has 1 aliphatic heterocycles. The number of amides is 1. The van der Waals surface area contributed by atoms with Crippen molar-refractivity contribution >= 4 is 22.4 Å². The summed E-state index contributed by atoms with van der Waals surface area (Å²) in [4.78, 5) is 17.4. The Kier molecular flexibility index (Phi) is 4.55. The van der Waals surface area contributed by atoms with Gasteiger partial charge in [0.05, 0.1) is 30.9 Å². The summed E-state index contributed by atoms with van der Waals surface area (Å²) in [5.41, 5.74) is 1.02. The van der Waals surface area contributed by atoms with Crippen molar-refractivity contribution in [3.8, 4) is 11.5 Å². The second-order valence-electron chi connectivity index (χ2n) is 4.70. The van der Waals surface area contributed by atoms with E-state index in [-0.39, 0.29) is 12.5 Å². The van der Waals surface area contributed by atoms with Crippen LogP contribution in [0.1, 0.15) is 10.6 Å². The molecule has 0 spiro atoms. The van der Waals surface area contributed by atoms with E-state index in [1.165, 1.54) is 11.3 Å². The van der Waals surface area contributed by atoms with Gasteiger partial charge in [-0.05, 0) is 24.3 Å². The van der Waals surface area contributed by atoms with Gasteiger partial charge in [-0.2, -0.15) is 0 Å². The minimum absolute atomic E-state index is 0.0624. The first-order valence-corrected chi connectivity index (χ1v) is 7.69. The van der Waals surface area contributed by atoms with Crippen LogP contribution in [0.25, 0.3) is 0 Å². The SMILES string of the molecule is COc1ccc(OCC(=O)Nc2nc3c(s2)COCC3)cc1. The van der Waals surface area contributed by atoms with Gasteiger partial charge in [0, 0.05) is 6.42 Å². The molecule has 22 heavy (non-hydrogen) atoms. The molecule has 0 aliphatic carbocycles. The summed E-state index contributed by atoms with van der Waals surface area (Å²) >= 11 is 1.45. The van der Waals surface area contributed by atoms with Crippen LogP contribution in [-0.2, 0) is 22.6 Å². The Morgan fingerprint density at radius 1 is 1.36 bits per heavy atom. The Labute approximate surface area is 132 Å². The minimum atomic E-state index is -0.233. The molecule has 0 radical (unpaired) electrons. The van der Waals surface area contributed by atoms with E-state index in [1.54, 1.807) is 31.4 Å². The molecule has 0 atom stereocenters. The molecule has 0 unspecified atom stereocenters. The molecule has 0 saturated heterocycles. The van der Waals surface area contributed by atoms with Crippen LogP contribution in [0.4, 0.5) is 5.13 Å². The third-order valence-corrected chi connectivity index (χ3v) is 4.16. The van der Waals surface area contributed by atoms with Gasteiger partial charge >= 0.3 is 0 Å². The van der Waals surface area contributed by atoms with E-state index in [2.05, 4.69) is 10.3 Å². The van der Waals surface area contributed by atoms with Crippen LogP contribution in [-0.4, -0.2) is 31.2 Å². The molecule has 0 bridgehead atoms. The van der Waals surface area contributed by atoms with Gasteiger partial charge in [0.1, 0.15) is 11.5 Å². The first kappa shape index (κ1) is 14.8. The van der Waals surface area contributed by atoms with E-state index >= 15 is 0 Å². The van der Waals surface area contributed by atoms with E-state index < -0.39 is 0 Å². The normalized spacial score (nSPS) is 13.3. The lowest BCUT2D eigenvalue weighted by Crippen LogP contribution is -2.20. The van der Waals surface area contributed by atoms with Crippen LogP contribution in [0.5, 0.6) is 11.5 Å². The number of methoxy groups -OCH3 is 1. The highest BCUT2D eigenvalue weighted by atomic mass is 32.1. The highest BCUT2D eigenvalue weighted by Crippen LogP contribution is 2.27. The van der Waals surface area contributed by atoms with Crippen molar-refractivity contribution in [2.45, 2.75) is 13.0 Å². The fraction of sp³-hybridized carbons (Fsp3) is 0.333. The second-order valence-corrected chi connectivity index (χ2v) is 5.79. The summed E-state index contributed by atoms with van der Waals surface area (Å²) in [6.45, 7) is 1.20. The maximum absolute atomic E-state index is 11.9. The number of nitrogens with one attached hydrogen (secondary N) is 1. The largest absolute Gasteiger partial charge is 0.497 e. The Morgan fingerprint density at radius 2 is 2.14 bits per heavy atom. The Bertz CT molecular complexity index is 631. The standard InChI is InChI=1S/C15H16N2O4S/c1-19-10-2-4-11(5-3-10)21-9-14(18)17-15-16-12-6-7-20-8-13(12)22-15/h2-5H,6-9H2,1H3,(H,16,17,18). The number of hydrogen-bond donors (Lipinski definition) is 1. The third kappa shape index (κ3) is 3.55. The fourth-order valence-corrected chi connectivity index (χ4v) is 3.02. The quantitative estimate of drug-likeness (QED) is 0.915. The molecule has 2 aromatic rings. The van der Waals surface area contributed by atoms with Gasteiger partial charge in [0.2, 0.25) is 0 Å². The summed E-state index contributed by atoms with van der Waals surface area (Å²) in [6, 6.07) is 7.07. The summed E-state index contributed by atoms with van der Waals surface area (Å²) < 4.78 is 15.8. The van der Waals surface area contributed by atoms with E-state index in [0.717, 1.165) is 22.7 Å².